The maximum Gasteiger partial charge on any atom is 0.416 e. The minimum Gasteiger partial charge on any atom is -0.368 e. The molecular weight excluding hydrogens is 559 g/mol. The molecule has 1 aliphatic heterocycles. The Morgan fingerprint density at radius 2 is 1.73 bits per heavy atom. The maximum absolute atomic E-state index is 13.0. The Labute approximate surface area is 240 Å². The second-order valence-corrected chi connectivity index (χ2v) is 11.0. The van der Waals surface area contributed by atoms with Gasteiger partial charge in [0.15, 0.2) is 0 Å². The average Bonchev–Trinajstić information content (AvgIpc) is 2.93. The van der Waals surface area contributed by atoms with E-state index in [-0.39, 0.29) is 17.8 Å². The first-order valence-corrected chi connectivity index (χ1v) is 13.9. The van der Waals surface area contributed by atoms with Crippen LogP contribution in [0, 0.1) is 5.92 Å². The van der Waals surface area contributed by atoms with Crippen molar-refractivity contribution in [3.8, 4) is 0 Å². The summed E-state index contributed by atoms with van der Waals surface area (Å²) < 4.78 is 42.1. The van der Waals surface area contributed by atoms with Gasteiger partial charge in [0.25, 0.3) is 0 Å². The number of alkyl halides is 3. The zero-order chi connectivity index (χ0) is 28.9. The van der Waals surface area contributed by atoms with Crippen LogP contribution in [0.2, 0.25) is 5.02 Å². The molecule has 3 aromatic carbocycles. The number of hydrogen-bond acceptors (Lipinski definition) is 4. The van der Waals surface area contributed by atoms with E-state index in [1.165, 1.54) is 12.1 Å². The zero-order valence-corrected chi connectivity index (χ0v) is 23.5. The van der Waals surface area contributed by atoms with E-state index in [0.29, 0.717) is 22.9 Å². The number of guanidine groups is 1. The number of halogens is 4. The number of nitrogens with zero attached hydrogens (tertiary/aromatic N) is 3. The Morgan fingerprint density at radius 3 is 2.30 bits per heavy atom. The van der Waals surface area contributed by atoms with Gasteiger partial charge in [0.05, 0.1) is 11.3 Å². The van der Waals surface area contributed by atoms with Gasteiger partial charge < -0.3 is 5.73 Å². The van der Waals surface area contributed by atoms with E-state index < -0.39 is 23.7 Å². The molecule has 0 aliphatic carbocycles. The molecule has 3 aromatic rings. The predicted octanol–water partition coefficient (Wildman–Crippen LogP) is 6.72. The maximum atomic E-state index is 13.0. The molecule has 40 heavy (non-hydrogen) atoms. The van der Waals surface area contributed by atoms with Gasteiger partial charge in [0.2, 0.25) is 11.9 Å². The molecule has 3 N–H and O–H groups in total. The van der Waals surface area contributed by atoms with Gasteiger partial charge >= 0.3 is 6.18 Å². The van der Waals surface area contributed by atoms with E-state index >= 15 is 0 Å². The number of nitrogens with one attached hydrogen (secondary N) is 1. The summed E-state index contributed by atoms with van der Waals surface area (Å²) >= 11 is 7.22. The Bertz CT molecular complexity index is 1360. The number of rotatable bonds is 7. The number of hydrazone groups is 1. The number of primary amides is 1. The third kappa shape index (κ3) is 7.37. The van der Waals surface area contributed by atoms with Crippen LogP contribution in [0.4, 0.5) is 13.2 Å². The van der Waals surface area contributed by atoms with Gasteiger partial charge in [0, 0.05) is 22.4 Å². The fraction of sp³-hybridized carbons (Fsp3) is 0.276. The molecule has 0 spiro atoms. The second-order valence-electron chi connectivity index (χ2n) is 9.64. The molecule has 2 unspecified atom stereocenters. The molecule has 210 valence electrons. The van der Waals surface area contributed by atoms with Crippen LogP contribution in [-0.4, -0.2) is 35.2 Å². The summed E-state index contributed by atoms with van der Waals surface area (Å²) in [5.74, 6) is -0.498. The summed E-state index contributed by atoms with van der Waals surface area (Å²) in [5, 5.41) is 7.25. The summed E-state index contributed by atoms with van der Waals surface area (Å²) in [6, 6.07) is 21.4. The standard InChI is InChI=1S/C29H29ClF3N5OS/c1-18(2)25(27(34)39)35-28(37-40-23-14-10-21(11-15-23)29(31,32)33)38-17-16-24(19-6-4-3-5-7-19)26(36-38)20-8-12-22(30)13-9-20/h3-15,18,24-25H,16-17H2,1-2H3,(H2,34,39)(H,35,37). The molecule has 1 heterocycles. The highest BCUT2D eigenvalue weighted by molar-refractivity contribution is 7.98. The second kappa shape index (κ2) is 12.8. The van der Waals surface area contributed by atoms with Gasteiger partial charge in [-0.1, -0.05) is 67.9 Å². The molecule has 1 aliphatic rings. The number of carbonyl (C=O) groups is 1. The van der Waals surface area contributed by atoms with Crippen LogP contribution in [0.15, 0.2) is 93.9 Å². The van der Waals surface area contributed by atoms with Crippen molar-refractivity contribution in [3.05, 3.63) is 101 Å². The first kappa shape index (κ1) is 29.5. The molecule has 11 heteroatoms. The molecule has 0 bridgehead atoms. The fourth-order valence-electron chi connectivity index (χ4n) is 4.32. The Kier molecular flexibility index (Phi) is 9.42. The SMILES string of the molecule is CC(C)C(N=C(NSc1ccc(C(F)(F)F)cc1)N1CCC(c2ccccc2)C(c2ccc(Cl)cc2)=N1)C(N)=O. The molecule has 2 atom stereocenters. The minimum atomic E-state index is -4.43. The molecule has 0 fully saturated rings. The lowest BCUT2D eigenvalue weighted by Gasteiger charge is -2.32. The highest BCUT2D eigenvalue weighted by atomic mass is 35.5. The van der Waals surface area contributed by atoms with E-state index in [1.54, 1.807) is 17.1 Å². The van der Waals surface area contributed by atoms with Gasteiger partial charge in [-0.25, -0.2) is 10.0 Å². The molecule has 0 radical (unpaired) electrons. The van der Waals surface area contributed by atoms with Crippen molar-refractivity contribution < 1.29 is 18.0 Å². The molecule has 6 nitrogen and oxygen atoms in total. The van der Waals surface area contributed by atoms with Crippen molar-refractivity contribution in [2.75, 3.05) is 6.54 Å². The number of carbonyl (C=O) groups excluding carboxylic acids is 1. The van der Waals surface area contributed by atoms with Gasteiger partial charge in [-0.3, -0.25) is 9.52 Å². The third-order valence-electron chi connectivity index (χ3n) is 6.40. The van der Waals surface area contributed by atoms with E-state index in [9.17, 15) is 18.0 Å². The van der Waals surface area contributed by atoms with Crippen molar-refractivity contribution in [3.63, 3.8) is 0 Å². The van der Waals surface area contributed by atoms with E-state index in [2.05, 4.69) is 21.8 Å². The largest absolute Gasteiger partial charge is 0.416 e. The number of benzene rings is 3. The lowest BCUT2D eigenvalue weighted by molar-refractivity contribution is -0.137. The van der Waals surface area contributed by atoms with Gasteiger partial charge in [-0.2, -0.15) is 18.3 Å². The zero-order valence-electron chi connectivity index (χ0n) is 21.9. The van der Waals surface area contributed by atoms with Crippen molar-refractivity contribution in [1.82, 2.24) is 9.73 Å². The van der Waals surface area contributed by atoms with Crippen LogP contribution in [0.1, 0.15) is 42.9 Å². The number of aliphatic imine (C=N–C) groups is 1. The van der Waals surface area contributed by atoms with Crippen molar-refractivity contribution in [2.24, 2.45) is 21.7 Å². The lowest BCUT2D eigenvalue weighted by atomic mass is 9.86. The Balaban J connectivity index is 1.71. The van der Waals surface area contributed by atoms with E-state index in [1.807, 2.05) is 44.2 Å². The molecule has 1 amide bonds. The molecular formula is C29H29ClF3N5OS. The van der Waals surface area contributed by atoms with Crippen molar-refractivity contribution in [1.29, 1.82) is 0 Å². The van der Waals surface area contributed by atoms with Crippen molar-refractivity contribution in [2.45, 2.75) is 43.3 Å². The molecule has 0 aromatic heterocycles. The Hall–Kier alpha value is -3.50. The minimum absolute atomic E-state index is 0.000484. The summed E-state index contributed by atoms with van der Waals surface area (Å²) in [4.78, 5) is 17.4. The number of hydrogen-bond donors (Lipinski definition) is 2. The normalized spacial score (nSPS) is 17.0. The van der Waals surface area contributed by atoms with Gasteiger partial charge in [0.1, 0.15) is 6.04 Å². The average molecular weight is 588 g/mol. The van der Waals surface area contributed by atoms with Crippen LogP contribution in [-0.2, 0) is 11.0 Å². The fourth-order valence-corrected chi connectivity index (χ4v) is 5.08. The quantitative estimate of drug-likeness (QED) is 0.183. The first-order chi connectivity index (χ1) is 19.0. The van der Waals surface area contributed by atoms with Crippen molar-refractivity contribution >= 4 is 41.1 Å². The number of nitrogens with two attached hydrogens (primary N) is 1. The van der Waals surface area contributed by atoms with E-state index in [4.69, 9.17) is 22.4 Å². The highest BCUT2D eigenvalue weighted by Crippen LogP contribution is 2.32. The van der Waals surface area contributed by atoms with Gasteiger partial charge in [-0.05, 0) is 71.8 Å². The van der Waals surface area contributed by atoms with Crippen LogP contribution in [0.25, 0.3) is 0 Å². The van der Waals surface area contributed by atoms with E-state index in [0.717, 1.165) is 40.9 Å². The summed E-state index contributed by atoms with van der Waals surface area (Å²) in [6.45, 7) is 4.15. The highest BCUT2D eigenvalue weighted by Gasteiger charge is 2.31. The smallest absolute Gasteiger partial charge is 0.368 e. The molecule has 0 saturated carbocycles. The summed E-state index contributed by atoms with van der Waals surface area (Å²) in [6.07, 6.45) is -3.73. The summed E-state index contributed by atoms with van der Waals surface area (Å²) in [5.41, 5.74) is 7.71. The lowest BCUT2D eigenvalue weighted by Crippen LogP contribution is -2.43. The first-order valence-electron chi connectivity index (χ1n) is 12.7. The summed E-state index contributed by atoms with van der Waals surface area (Å²) in [7, 11) is 0. The molecule has 0 saturated heterocycles. The molecule has 4 rings (SSSR count). The van der Waals surface area contributed by atoms with Crippen LogP contribution in [0.3, 0.4) is 0 Å². The number of amides is 1. The monoisotopic (exact) mass is 587 g/mol. The topological polar surface area (TPSA) is 83.1 Å². The van der Waals surface area contributed by atoms with Gasteiger partial charge in [-0.15, -0.1) is 0 Å². The third-order valence-corrected chi connectivity index (χ3v) is 7.45. The van der Waals surface area contributed by atoms with Crippen LogP contribution >= 0.6 is 23.5 Å². The predicted molar refractivity (Wildman–Crippen MR) is 154 cm³/mol. The van der Waals surface area contributed by atoms with Crippen LogP contribution in [0.5, 0.6) is 0 Å². The Morgan fingerprint density at radius 1 is 1.07 bits per heavy atom. The van der Waals surface area contributed by atoms with Crippen LogP contribution < -0.4 is 10.5 Å².